The fraction of sp³-hybridized carbons (Fsp3) is 0.611. The normalized spacial score (nSPS) is 20.2. The third-order valence-corrected chi connectivity index (χ3v) is 19.4. The molecule has 4 aromatic rings. The number of benzene rings is 2. The molecule has 0 N–H and O–H groups in total. The number of ketones is 1. The molecule has 20 heteroatoms. The molecule has 14 nitrogen and oxygen atoms in total. The van der Waals surface area contributed by atoms with E-state index in [2.05, 4.69) is 80.0 Å². The van der Waals surface area contributed by atoms with Crippen molar-refractivity contribution >= 4 is 60.5 Å². The molecule has 3 aliphatic heterocycles. The van der Waals surface area contributed by atoms with Crippen LogP contribution in [0.25, 0.3) is 22.2 Å². The summed E-state index contributed by atoms with van der Waals surface area (Å²) in [5.74, 6) is -3.16. The largest absolute Gasteiger partial charge is 0.459 e. The number of fused-ring (bicyclic) bond motifs is 1. The standard InChI is InChI=1S/C54H80F3N7O7SSi2/c1-38-30-60(32-40-18-21-59(22-19-40)35-49(65)71-54(3,4)5)31-39(2)64(38)44-14-12-41(13-15-44)42-28-45-46(34-61(53(45)58-29-42)36-69-24-26-73(6,7)8)52(66)50-47(56)16-17-48(51(50)57)63(37-70-25-27-74(9,10)11)72(67,68)62-23-20-43(55)33-62/h12-17,28-29,34,38-40,43H,18-27,30-33,35-37H2,1-11H3/t38-,39+,43-/m1/s1. The van der Waals surface area contributed by atoms with Gasteiger partial charge in [0.1, 0.15) is 36.7 Å². The Morgan fingerprint density at radius 2 is 1.46 bits per heavy atom. The second-order valence-electron chi connectivity index (χ2n) is 24.2. The van der Waals surface area contributed by atoms with Gasteiger partial charge in [-0.15, -0.1) is 0 Å². The minimum Gasteiger partial charge on any atom is -0.459 e. The molecule has 0 aliphatic carbocycles. The zero-order valence-electron chi connectivity index (χ0n) is 45.6. The molecule has 3 atom stereocenters. The minimum absolute atomic E-state index is 0.0237. The van der Waals surface area contributed by atoms with Gasteiger partial charge in [-0.05, 0) is 121 Å². The highest BCUT2D eigenvalue weighted by Crippen LogP contribution is 2.35. The van der Waals surface area contributed by atoms with Crippen LogP contribution in [0.1, 0.15) is 69.8 Å². The van der Waals surface area contributed by atoms with Gasteiger partial charge in [0.05, 0.1) is 23.4 Å². The smallest absolute Gasteiger partial charge is 0.320 e. The van der Waals surface area contributed by atoms with E-state index in [-0.39, 0.29) is 49.9 Å². The summed E-state index contributed by atoms with van der Waals surface area (Å²) in [6, 6.07) is 13.9. The molecule has 7 rings (SSSR count). The van der Waals surface area contributed by atoms with Crippen LogP contribution in [-0.2, 0) is 35.9 Å². The van der Waals surface area contributed by atoms with Crippen LogP contribution < -0.4 is 9.21 Å². The van der Waals surface area contributed by atoms with Crippen LogP contribution in [0.15, 0.2) is 54.9 Å². The number of anilines is 2. The van der Waals surface area contributed by atoms with Crippen LogP contribution in [0.2, 0.25) is 51.4 Å². The minimum atomic E-state index is -4.57. The molecule has 0 unspecified atom stereocenters. The van der Waals surface area contributed by atoms with Crippen molar-refractivity contribution in [1.82, 2.24) is 23.7 Å². The number of hydrogen-bond donors (Lipinski definition) is 0. The highest BCUT2D eigenvalue weighted by atomic mass is 32.2. The van der Waals surface area contributed by atoms with E-state index in [4.69, 9.17) is 19.2 Å². The predicted octanol–water partition coefficient (Wildman–Crippen LogP) is 9.88. The molecule has 2 aromatic carbocycles. The number of piperidine rings is 1. The molecule has 3 saturated heterocycles. The first kappa shape index (κ1) is 57.5. The monoisotopic (exact) mass is 1080 g/mol. The van der Waals surface area contributed by atoms with E-state index in [0.29, 0.717) is 46.0 Å². The predicted molar refractivity (Wildman–Crippen MR) is 293 cm³/mol. The van der Waals surface area contributed by atoms with Gasteiger partial charge in [-0.1, -0.05) is 51.4 Å². The van der Waals surface area contributed by atoms with Gasteiger partial charge in [-0.2, -0.15) is 12.7 Å². The Balaban J connectivity index is 1.12. The summed E-state index contributed by atoms with van der Waals surface area (Å²) in [5, 5.41) is 0.340. The van der Waals surface area contributed by atoms with E-state index in [9.17, 15) is 22.4 Å². The van der Waals surface area contributed by atoms with Crippen molar-refractivity contribution < 1.29 is 45.4 Å². The lowest BCUT2D eigenvalue weighted by Gasteiger charge is -2.47. The third-order valence-electron chi connectivity index (χ3n) is 14.1. The maximum Gasteiger partial charge on any atom is 0.320 e. The summed E-state index contributed by atoms with van der Waals surface area (Å²) in [6.45, 7) is 27.8. The van der Waals surface area contributed by atoms with Gasteiger partial charge >= 0.3 is 16.2 Å². The van der Waals surface area contributed by atoms with Crippen molar-refractivity contribution in [3.63, 3.8) is 0 Å². The van der Waals surface area contributed by atoms with Gasteiger partial charge in [0.2, 0.25) is 5.78 Å². The van der Waals surface area contributed by atoms with Gasteiger partial charge in [-0.3, -0.25) is 19.4 Å². The number of esters is 1. The average Bonchev–Trinajstić information content (AvgIpc) is 3.91. The topological polar surface area (TPSA) is 130 Å². The van der Waals surface area contributed by atoms with Crippen molar-refractivity contribution in [2.45, 2.75) is 136 Å². The average molecular weight is 1080 g/mol. The number of alkyl halides is 1. The number of nitrogens with zero attached hydrogens (tertiary/aromatic N) is 7. The van der Waals surface area contributed by atoms with Crippen LogP contribution in [0, 0.1) is 17.6 Å². The van der Waals surface area contributed by atoms with Crippen LogP contribution in [0.4, 0.5) is 24.5 Å². The summed E-state index contributed by atoms with van der Waals surface area (Å²) < 4.78 is 96.6. The van der Waals surface area contributed by atoms with Gasteiger partial charge in [0.25, 0.3) is 0 Å². The summed E-state index contributed by atoms with van der Waals surface area (Å²) >= 11 is 0. The van der Waals surface area contributed by atoms with Crippen molar-refractivity contribution in [3.8, 4) is 11.1 Å². The molecule has 5 heterocycles. The molecule has 408 valence electrons. The summed E-state index contributed by atoms with van der Waals surface area (Å²) in [4.78, 5) is 39.3. The zero-order valence-corrected chi connectivity index (χ0v) is 48.4. The lowest BCUT2D eigenvalue weighted by atomic mass is 9.94. The molecule has 74 heavy (non-hydrogen) atoms. The van der Waals surface area contributed by atoms with Crippen molar-refractivity contribution in [3.05, 3.63) is 77.6 Å². The van der Waals surface area contributed by atoms with E-state index < -0.39 is 80.1 Å². The maximum absolute atomic E-state index is 17.1. The number of aromatic nitrogens is 2. The number of carbonyl (C=O) groups excluding carboxylic acids is 2. The zero-order chi connectivity index (χ0) is 53.9. The Labute approximate surface area is 439 Å². The fourth-order valence-electron chi connectivity index (χ4n) is 10.2. The summed E-state index contributed by atoms with van der Waals surface area (Å²) in [6.07, 6.45) is 3.87. The van der Waals surface area contributed by atoms with E-state index in [1.165, 1.54) is 6.20 Å². The molecule has 0 radical (unpaired) electrons. The van der Waals surface area contributed by atoms with Crippen molar-refractivity contribution in [1.29, 1.82) is 0 Å². The number of ether oxygens (including phenoxy) is 3. The first-order chi connectivity index (χ1) is 34.7. The first-order valence-corrected chi connectivity index (χ1v) is 35.1. The van der Waals surface area contributed by atoms with Crippen LogP contribution in [0.3, 0.4) is 0 Å². The second kappa shape index (κ2) is 23.6. The number of piperazine rings is 1. The van der Waals surface area contributed by atoms with Gasteiger partial charge < -0.3 is 23.7 Å². The van der Waals surface area contributed by atoms with E-state index >= 15 is 8.78 Å². The van der Waals surface area contributed by atoms with Gasteiger partial charge in [0.15, 0.2) is 5.82 Å². The fourth-order valence-corrected chi connectivity index (χ4v) is 13.3. The van der Waals surface area contributed by atoms with Crippen molar-refractivity contribution in [2.75, 3.05) is 81.5 Å². The van der Waals surface area contributed by atoms with E-state index in [1.54, 1.807) is 16.8 Å². The quantitative estimate of drug-likeness (QED) is 0.0260. The summed E-state index contributed by atoms with van der Waals surface area (Å²) in [5.41, 5.74) is 0.906. The number of rotatable bonds is 21. The molecular formula is C54H80F3N7O7SSi2. The Bertz CT molecular complexity index is 2690. The van der Waals surface area contributed by atoms with E-state index in [1.807, 2.05) is 32.9 Å². The highest BCUT2D eigenvalue weighted by molar-refractivity contribution is 7.90. The second-order valence-corrected chi connectivity index (χ2v) is 37.3. The summed E-state index contributed by atoms with van der Waals surface area (Å²) in [7, 11) is -7.64. The molecule has 0 amide bonds. The molecule has 0 spiro atoms. The van der Waals surface area contributed by atoms with Crippen LogP contribution >= 0.6 is 0 Å². The molecule has 0 bridgehead atoms. The number of hydrogen-bond acceptors (Lipinski definition) is 11. The third kappa shape index (κ3) is 14.7. The number of halogens is 3. The Hall–Kier alpha value is -4.16. The maximum atomic E-state index is 17.1. The SMILES string of the molecule is C[C@@H]1CN(CC2CCN(CC(=O)OC(C)(C)C)CC2)C[C@H](C)N1c1ccc(-c2cnc3c(c2)c(C(=O)c2c(F)ccc(N(COCC[Si](C)(C)C)S(=O)(=O)N4CC[C@@H](F)C4)c2F)cn3COCC[Si](C)(C)C)cc1. The Kier molecular flexibility index (Phi) is 18.4. The van der Waals surface area contributed by atoms with Crippen molar-refractivity contribution in [2.24, 2.45) is 5.92 Å². The van der Waals surface area contributed by atoms with E-state index in [0.717, 1.165) is 79.3 Å². The molecule has 2 aromatic heterocycles. The Morgan fingerprint density at radius 1 is 0.824 bits per heavy atom. The molecule has 0 saturated carbocycles. The Morgan fingerprint density at radius 3 is 2.05 bits per heavy atom. The molecular weight excluding hydrogens is 1000 g/mol. The highest BCUT2D eigenvalue weighted by Gasteiger charge is 2.39. The number of likely N-dealkylation sites (tertiary alicyclic amines) is 1. The molecule has 3 fully saturated rings. The number of pyridine rings is 1. The van der Waals surface area contributed by atoms with Crippen LogP contribution in [0.5, 0.6) is 0 Å². The van der Waals surface area contributed by atoms with Gasteiger partial charge in [-0.25, -0.2) is 22.5 Å². The van der Waals surface area contributed by atoms with Gasteiger partial charge in [0, 0.05) is 103 Å². The lowest BCUT2D eigenvalue weighted by Crippen LogP contribution is -2.58. The number of carbonyl (C=O) groups is 2. The first-order valence-electron chi connectivity index (χ1n) is 26.3. The lowest BCUT2D eigenvalue weighted by molar-refractivity contribution is -0.156. The molecule has 3 aliphatic rings. The van der Waals surface area contributed by atoms with Crippen LogP contribution in [-0.4, -0.2) is 156 Å².